The predicted molar refractivity (Wildman–Crippen MR) is 113 cm³/mol. The number of aryl methyl sites for hydroxylation is 1. The third kappa shape index (κ3) is 5.24. The van der Waals surface area contributed by atoms with E-state index in [1.165, 1.54) is 0 Å². The summed E-state index contributed by atoms with van der Waals surface area (Å²) in [6.45, 7) is 5.23. The number of hydrogen-bond acceptors (Lipinski definition) is 4. The fourth-order valence-electron chi connectivity index (χ4n) is 2.61. The molecule has 3 aromatic rings. The van der Waals surface area contributed by atoms with Gasteiger partial charge in [0.05, 0.1) is 0 Å². The molecule has 0 spiro atoms. The van der Waals surface area contributed by atoms with Gasteiger partial charge < -0.3 is 9.47 Å². The summed E-state index contributed by atoms with van der Waals surface area (Å²) in [6.07, 6.45) is 0. The smallest absolute Gasteiger partial charge is 0.355 e. The van der Waals surface area contributed by atoms with E-state index in [2.05, 4.69) is 0 Å². The lowest BCUT2D eigenvalue weighted by Crippen LogP contribution is -2.41. The summed E-state index contributed by atoms with van der Waals surface area (Å²) in [6, 6.07) is 20.6. The van der Waals surface area contributed by atoms with E-state index in [9.17, 15) is 9.59 Å². The first kappa shape index (κ1) is 20.6. The van der Waals surface area contributed by atoms with E-state index in [4.69, 9.17) is 21.1 Å². The molecule has 29 heavy (non-hydrogen) atoms. The Balaban J connectivity index is 1.67. The average Bonchev–Trinajstić information content (AvgIpc) is 2.70. The quantitative estimate of drug-likeness (QED) is 0.301. The maximum atomic E-state index is 12.5. The van der Waals surface area contributed by atoms with Crippen LogP contribution in [0.15, 0.2) is 72.8 Å². The predicted octanol–water partition coefficient (Wildman–Crippen LogP) is 5.64. The van der Waals surface area contributed by atoms with Gasteiger partial charge in [-0.05, 0) is 81.4 Å². The number of ether oxygens (including phenoxy) is 2. The first-order valence-corrected chi connectivity index (χ1v) is 9.51. The number of benzene rings is 3. The van der Waals surface area contributed by atoms with Gasteiger partial charge in [-0.3, -0.25) is 4.79 Å². The summed E-state index contributed by atoms with van der Waals surface area (Å²) < 4.78 is 11.2. The van der Waals surface area contributed by atoms with Crippen LogP contribution < -0.4 is 9.47 Å². The second kappa shape index (κ2) is 8.50. The number of carbonyl (C=O) groups is 2. The number of rotatable bonds is 6. The van der Waals surface area contributed by atoms with Crippen LogP contribution in [0.3, 0.4) is 0 Å². The minimum atomic E-state index is -1.20. The Hall–Kier alpha value is -3.11. The summed E-state index contributed by atoms with van der Waals surface area (Å²) in [5.41, 5.74) is 0.936. The maximum Gasteiger partial charge on any atom is 0.355 e. The standard InChI is InChI=1S/C24H21ClO4/c1-16-4-12-20(13-5-16)28-23(27)24(2,3)29-21-14-8-18(9-15-21)22(26)17-6-10-19(25)11-7-17/h4-15H,1-3H3. The Bertz CT molecular complexity index is 1000. The highest BCUT2D eigenvalue weighted by molar-refractivity contribution is 6.30. The van der Waals surface area contributed by atoms with Crippen LogP contribution in [0.25, 0.3) is 0 Å². The lowest BCUT2D eigenvalue weighted by molar-refractivity contribution is -0.149. The molecule has 0 N–H and O–H groups in total. The van der Waals surface area contributed by atoms with E-state index >= 15 is 0 Å². The van der Waals surface area contributed by atoms with E-state index in [0.717, 1.165) is 5.56 Å². The van der Waals surface area contributed by atoms with Crippen LogP contribution in [0.1, 0.15) is 35.3 Å². The third-order valence-corrected chi connectivity index (χ3v) is 4.57. The number of carbonyl (C=O) groups excluding carboxylic acids is 2. The number of hydrogen-bond donors (Lipinski definition) is 0. The van der Waals surface area contributed by atoms with Gasteiger partial charge in [-0.15, -0.1) is 0 Å². The molecule has 3 rings (SSSR count). The molecule has 0 fully saturated rings. The molecule has 5 heteroatoms. The van der Waals surface area contributed by atoms with Crippen molar-refractivity contribution in [3.05, 3.63) is 94.5 Å². The van der Waals surface area contributed by atoms with Crippen LogP contribution >= 0.6 is 11.6 Å². The van der Waals surface area contributed by atoms with Crippen molar-refractivity contribution >= 4 is 23.4 Å². The van der Waals surface area contributed by atoms with Gasteiger partial charge in [-0.1, -0.05) is 29.3 Å². The summed E-state index contributed by atoms with van der Waals surface area (Å²) in [5, 5.41) is 0.574. The Kier molecular flexibility index (Phi) is 6.04. The van der Waals surface area contributed by atoms with Gasteiger partial charge in [0.1, 0.15) is 11.5 Å². The summed E-state index contributed by atoms with van der Waals surface area (Å²) >= 11 is 5.86. The molecule has 0 aliphatic rings. The van der Waals surface area contributed by atoms with Gasteiger partial charge in [-0.25, -0.2) is 4.79 Å². The highest BCUT2D eigenvalue weighted by atomic mass is 35.5. The first-order chi connectivity index (χ1) is 13.7. The first-order valence-electron chi connectivity index (χ1n) is 9.13. The lowest BCUT2D eigenvalue weighted by Gasteiger charge is -2.24. The number of ketones is 1. The Morgan fingerprint density at radius 2 is 1.24 bits per heavy atom. The SMILES string of the molecule is Cc1ccc(OC(=O)C(C)(C)Oc2ccc(C(=O)c3ccc(Cl)cc3)cc2)cc1. The van der Waals surface area contributed by atoms with Gasteiger partial charge in [0.15, 0.2) is 5.78 Å². The molecule has 0 saturated heterocycles. The van der Waals surface area contributed by atoms with Crippen molar-refractivity contribution < 1.29 is 19.1 Å². The molecule has 4 nitrogen and oxygen atoms in total. The Morgan fingerprint density at radius 3 is 1.79 bits per heavy atom. The van der Waals surface area contributed by atoms with Crippen LogP contribution in [0.5, 0.6) is 11.5 Å². The largest absolute Gasteiger partial charge is 0.476 e. The zero-order valence-electron chi connectivity index (χ0n) is 16.4. The molecule has 148 valence electrons. The van der Waals surface area contributed by atoms with Crippen molar-refractivity contribution in [2.75, 3.05) is 0 Å². The summed E-state index contributed by atoms with van der Waals surface area (Å²) in [7, 11) is 0. The topological polar surface area (TPSA) is 52.6 Å². The fraction of sp³-hybridized carbons (Fsp3) is 0.167. The molecular formula is C24H21ClO4. The molecule has 0 amide bonds. The molecule has 0 heterocycles. The van der Waals surface area contributed by atoms with Crippen molar-refractivity contribution in [3.8, 4) is 11.5 Å². The zero-order valence-corrected chi connectivity index (χ0v) is 17.2. The van der Waals surface area contributed by atoms with Crippen LogP contribution in [-0.4, -0.2) is 17.4 Å². The van der Waals surface area contributed by atoms with Crippen LogP contribution in [-0.2, 0) is 4.79 Å². The third-order valence-electron chi connectivity index (χ3n) is 4.32. The van der Waals surface area contributed by atoms with E-state index < -0.39 is 11.6 Å². The van der Waals surface area contributed by atoms with Crippen LogP contribution in [0.4, 0.5) is 0 Å². The van der Waals surface area contributed by atoms with Crippen LogP contribution in [0, 0.1) is 6.92 Å². The van der Waals surface area contributed by atoms with Crippen molar-refractivity contribution in [2.24, 2.45) is 0 Å². The molecule has 0 aromatic heterocycles. The summed E-state index contributed by atoms with van der Waals surface area (Å²) in [5.74, 6) is 0.290. The Labute approximate surface area is 175 Å². The van der Waals surface area contributed by atoms with Crippen LogP contribution in [0.2, 0.25) is 5.02 Å². The van der Waals surface area contributed by atoms with Crippen molar-refractivity contribution in [1.29, 1.82) is 0 Å². The van der Waals surface area contributed by atoms with Gasteiger partial charge in [0, 0.05) is 16.1 Å². The molecule has 0 atom stereocenters. The molecule has 0 unspecified atom stereocenters. The van der Waals surface area contributed by atoms with E-state index in [-0.39, 0.29) is 5.78 Å². The maximum absolute atomic E-state index is 12.5. The van der Waals surface area contributed by atoms with Crippen molar-refractivity contribution in [2.45, 2.75) is 26.4 Å². The van der Waals surface area contributed by atoms with Gasteiger partial charge >= 0.3 is 5.97 Å². The highest BCUT2D eigenvalue weighted by Gasteiger charge is 2.32. The minimum Gasteiger partial charge on any atom is -0.476 e. The highest BCUT2D eigenvalue weighted by Crippen LogP contribution is 2.23. The monoisotopic (exact) mass is 408 g/mol. The Morgan fingerprint density at radius 1 is 0.759 bits per heavy atom. The van der Waals surface area contributed by atoms with Crippen molar-refractivity contribution in [1.82, 2.24) is 0 Å². The molecule has 0 aliphatic carbocycles. The average molecular weight is 409 g/mol. The molecule has 0 saturated carbocycles. The lowest BCUT2D eigenvalue weighted by atomic mass is 10.0. The van der Waals surface area contributed by atoms with E-state index in [0.29, 0.717) is 27.6 Å². The fourth-order valence-corrected chi connectivity index (χ4v) is 2.74. The molecule has 3 aromatic carbocycles. The molecule has 0 radical (unpaired) electrons. The summed E-state index contributed by atoms with van der Waals surface area (Å²) in [4.78, 5) is 25.0. The minimum absolute atomic E-state index is 0.119. The normalized spacial score (nSPS) is 11.0. The second-order valence-corrected chi connectivity index (χ2v) is 7.61. The molecular weight excluding hydrogens is 388 g/mol. The van der Waals surface area contributed by atoms with E-state index in [1.54, 1.807) is 74.5 Å². The van der Waals surface area contributed by atoms with Crippen molar-refractivity contribution in [3.63, 3.8) is 0 Å². The number of halogens is 1. The van der Waals surface area contributed by atoms with Gasteiger partial charge in [0.2, 0.25) is 5.60 Å². The van der Waals surface area contributed by atoms with Gasteiger partial charge in [0.25, 0.3) is 0 Å². The molecule has 0 bridgehead atoms. The zero-order chi connectivity index (χ0) is 21.0. The van der Waals surface area contributed by atoms with E-state index in [1.807, 2.05) is 19.1 Å². The second-order valence-electron chi connectivity index (χ2n) is 7.18. The number of esters is 1. The molecule has 0 aliphatic heterocycles. The van der Waals surface area contributed by atoms with Gasteiger partial charge in [-0.2, -0.15) is 0 Å².